The fourth-order valence-corrected chi connectivity index (χ4v) is 2.37. The SMILES string of the molecule is CCOC(=O)c1cnc2c(CC)cccc2c1NCC(C)O. The molecule has 118 valence electrons. The van der Waals surface area contributed by atoms with Crippen LogP contribution in [0.1, 0.15) is 36.7 Å². The number of rotatable bonds is 6. The van der Waals surface area contributed by atoms with Crippen LogP contribution in [-0.2, 0) is 11.2 Å². The molecule has 1 aromatic heterocycles. The number of nitrogens with zero attached hydrogens (tertiary/aromatic N) is 1. The maximum atomic E-state index is 12.1. The van der Waals surface area contributed by atoms with Crippen LogP contribution in [0.25, 0.3) is 10.9 Å². The molecule has 0 aliphatic rings. The van der Waals surface area contributed by atoms with Crippen LogP contribution in [0.3, 0.4) is 0 Å². The molecule has 0 fully saturated rings. The van der Waals surface area contributed by atoms with Gasteiger partial charge in [0.05, 0.1) is 23.9 Å². The number of aliphatic hydroxyl groups is 1. The second-order valence-electron chi connectivity index (χ2n) is 5.16. The zero-order chi connectivity index (χ0) is 16.1. The summed E-state index contributed by atoms with van der Waals surface area (Å²) in [6, 6.07) is 5.90. The average Bonchev–Trinajstić information content (AvgIpc) is 2.51. The van der Waals surface area contributed by atoms with Gasteiger partial charge in [-0.2, -0.15) is 0 Å². The highest BCUT2D eigenvalue weighted by Gasteiger charge is 2.17. The molecule has 0 radical (unpaired) electrons. The monoisotopic (exact) mass is 302 g/mol. The van der Waals surface area contributed by atoms with Crippen LogP contribution in [0.5, 0.6) is 0 Å². The Morgan fingerprint density at radius 1 is 1.41 bits per heavy atom. The van der Waals surface area contributed by atoms with Crippen molar-refractivity contribution in [2.75, 3.05) is 18.5 Å². The third kappa shape index (κ3) is 3.36. The summed E-state index contributed by atoms with van der Waals surface area (Å²) in [7, 11) is 0. The Bertz CT molecular complexity index is 668. The number of anilines is 1. The third-order valence-corrected chi connectivity index (χ3v) is 3.43. The minimum atomic E-state index is -0.521. The standard InChI is InChI=1S/C17H22N2O3/c1-4-12-7-6-8-13-15(12)19-10-14(17(21)22-5-2)16(13)18-9-11(3)20/h6-8,10-11,20H,4-5,9H2,1-3H3,(H,18,19). The predicted molar refractivity (Wildman–Crippen MR) is 87.2 cm³/mol. The Kier molecular flexibility index (Phi) is 5.33. The van der Waals surface area contributed by atoms with Crippen molar-refractivity contribution < 1.29 is 14.6 Å². The van der Waals surface area contributed by atoms with E-state index in [1.165, 1.54) is 0 Å². The van der Waals surface area contributed by atoms with Gasteiger partial charge in [0.1, 0.15) is 5.56 Å². The summed E-state index contributed by atoms with van der Waals surface area (Å²) in [4.78, 5) is 16.6. The molecule has 2 N–H and O–H groups in total. The van der Waals surface area contributed by atoms with Crippen LogP contribution in [-0.4, -0.2) is 35.3 Å². The Labute approximate surface area is 130 Å². The van der Waals surface area contributed by atoms with Gasteiger partial charge in [-0.25, -0.2) is 4.79 Å². The normalized spacial score (nSPS) is 12.2. The van der Waals surface area contributed by atoms with E-state index in [-0.39, 0.29) is 0 Å². The van der Waals surface area contributed by atoms with Gasteiger partial charge in [0, 0.05) is 18.1 Å². The van der Waals surface area contributed by atoms with E-state index in [9.17, 15) is 9.90 Å². The lowest BCUT2D eigenvalue weighted by molar-refractivity contribution is 0.0527. The number of fused-ring (bicyclic) bond motifs is 1. The number of carbonyl (C=O) groups is 1. The highest BCUT2D eigenvalue weighted by molar-refractivity contribution is 6.05. The van der Waals surface area contributed by atoms with Crippen LogP contribution in [0.2, 0.25) is 0 Å². The molecule has 0 spiro atoms. The molecular weight excluding hydrogens is 280 g/mol. The topological polar surface area (TPSA) is 71.5 Å². The summed E-state index contributed by atoms with van der Waals surface area (Å²) in [6.07, 6.45) is 1.88. The van der Waals surface area contributed by atoms with Crippen LogP contribution < -0.4 is 5.32 Å². The summed E-state index contributed by atoms with van der Waals surface area (Å²) < 4.78 is 5.10. The summed E-state index contributed by atoms with van der Waals surface area (Å²) in [6.45, 7) is 6.19. The Balaban J connectivity index is 2.59. The van der Waals surface area contributed by atoms with Crippen LogP contribution in [0.4, 0.5) is 5.69 Å². The third-order valence-electron chi connectivity index (χ3n) is 3.43. The highest BCUT2D eigenvalue weighted by atomic mass is 16.5. The minimum absolute atomic E-state index is 0.307. The number of esters is 1. The first-order chi connectivity index (χ1) is 10.6. The number of pyridine rings is 1. The molecule has 0 saturated carbocycles. The Morgan fingerprint density at radius 2 is 2.18 bits per heavy atom. The summed E-state index contributed by atoms with van der Waals surface area (Å²) in [5, 5.41) is 13.5. The van der Waals surface area contributed by atoms with Crippen molar-refractivity contribution in [1.82, 2.24) is 4.98 Å². The summed E-state index contributed by atoms with van der Waals surface area (Å²) in [5.41, 5.74) is 3.04. The van der Waals surface area contributed by atoms with Gasteiger partial charge in [-0.15, -0.1) is 0 Å². The maximum absolute atomic E-state index is 12.1. The van der Waals surface area contributed by atoms with Crippen LogP contribution in [0, 0.1) is 0 Å². The molecule has 1 heterocycles. The number of carbonyl (C=O) groups excluding carboxylic acids is 1. The largest absolute Gasteiger partial charge is 0.462 e. The van der Waals surface area contributed by atoms with Crippen molar-refractivity contribution in [2.45, 2.75) is 33.3 Å². The zero-order valence-electron chi connectivity index (χ0n) is 13.2. The van der Waals surface area contributed by atoms with Crippen molar-refractivity contribution in [2.24, 2.45) is 0 Å². The van der Waals surface area contributed by atoms with Gasteiger partial charge in [0.2, 0.25) is 0 Å². The molecule has 1 atom stereocenters. The van der Waals surface area contributed by atoms with Gasteiger partial charge < -0.3 is 15.2 Å². The van der Waals surface area contributed by atoms with Gasteiger partial charge in [-0.05, 0) is 25.8 Å². The average molecular weight is 302 g/mol. The first-order valence-corrected chi connectivity index (χ1v) is 7.58. The summed E-state index contributed by atoms with van der Waals surface area (Å²) >= 11 is 0. The first-order valence-electron chi connectivity index (χ1n) is 7.58. The van der Waals surface area contributed by atoms with Gasteiger partial charge in [-0.1, -0.05) is 25.1 Å². The molecule has 22 heavy (non-hydrogen) atoms. The second kappa shape index (κ2) is 7.22. The van der Waals surface area contributed by atoms with E-state index < -0.39 is 12.1 Å². The molecular formula is C17H22N2O3. The molecule has 0 aliphatic heterocycles. The van der Waals surface area contributed by atoms with E-state index >= 15 is 0 Å². The predicted octanol–water partition coefficient (Wildman–Crippen LogP) is 2.77. The lowest BCUT2D eigenvalue weighted by atomic mass is 10.0. The van der Waals surface area contributed by atoms with Crippen molar-refractivity contribution >= 4 is 22.6 Å². The van der Waals surface area contributed by atoms with Gasteiger partial charge >= 0.3 is 5.97 Å². The highest BCUT2D eigenvalue weighted by Crippen LogP contribution is 2.29. The molecule has 1 unspecified atom stereocenters. The smallest absolute Gasteiger partial charge is 0.341 e. The Hall–Kier alpha value is -2.14. The molecule has 2 rings (SSSR count). The zero-order valence-corrected chi connectivity index (χ0v) is 13.2. The number of benzene rings is 1. The van der Waals surface area contributed by atoms with Crippen molar-refractivity contribution in [3.05, 3.63) is 35.5 Å². The van der Waals surface area contributed by atoms with Crippen LogP contribution in [0.15, 0.2) is 24.4 Å². The first kappa shape index (κ1) is 16.2. The van der Waals surface area contributed by atoms with E-state index in [0.717, 1.165) is 22.9 Å². The number of aryl methyl sites for hydroxylation is 1. The number of nitrogens with one attached hydrogen (secondary N) is 1. The van der Waals surface area contributed by atoms with E-state index in [1.54, 1.807) is 20.0 Å². The van der Waals surface area contributed by atoms with E-state index in [1.807, 2.05) is 18.2 Å². The molecule has 0 bridgehead atoms. The van der Waals surface area contributed by atoms with E-state index in [4.69, 9.17) is 4.74 Å². The van der Waals surface area contributed by atoms with Gasteiger partial charge in [0.25, 0.3) is 0 Å². The number of ether oxygens (including phenoxy) is 1. The van der Waals surface area contributed by atoms with Crippen molar-refractivity contribution in [1.29, 1.82) is 0 Å². The van der Waals surface area contributed by atoms with Gasteiger partial charge in [0.15, 0.2) is 0 Å². The molecule has 5 nitrogen and oxygen atoms in total. The molecule has 0 saturated heterocycles. The lowest BCUT2D eigenvalue weighted by Gasteiger charge is -2.16. The molecule has 2 aromatic rings. The lowest BCUT2D eigenvalue weighted by Crippen LogP contribution is -2.18. The number of hydrogen-bond donors (Lipinski definition) is 2. The summed E-state index contributed by atoms with van der Waals surface area (Å²) in [5.74, 6) is -0.410. The number of hydrogen-bond acceptors (Lipinski definition) is 5. The molecule has 1 aromatic carbocycles. The van der Waals surface area contributed by atoms with E-state index in [2.05, 4.69) is 17.2 Å². The second-order valence-corrected chi connectivity index (χ2v) is 5.16. The van der Waals surface area contributed by atoms with Crippen molar-refractivity contribution in [3.63, 3.8) is 0 Å². The van der Waals surface area contributed by atoms with E-state index in [0.29, 0.717) is 24.4 Å². The van der Waals surface area contributed by atoms with Crippen LogP contribution >= 0.6 is 0 Å². The molecule has 0 amide bonds. The number of para-hydroxylation sites is 1. The quantitative estimate of drug-likeness (QED) is 0.803. The molecule has 0 aliphatic carbocycles. The maximum Gasteiger partial charge on any atom is 0.341 e. The fraction of sp³-hybridized carbons (Fsp3) is 0.412. The fourth-order valence-electron chi connectivity index (χ4n) is 2.37. The Morgan fingerprint density at radius 3 is 2.82 bits per heavy atom. The number of aromatic nitrogens is 1. The minimum Gasteiger partial charge on any atom is -0.462 e. The van der Waals surface area contributed by atoms with Gasteiger partial charge in [-0.3, -0.25) is 4.98 Å². The van der Waals surface area contributed by atoms with Crippen molar-refractivity contribution in [3.8, 4) is 0 Å². The number of aliphatic hydroxyl groups excluding tert-OH is 1. The molecule has 5 heteroatoms.